The van der Waals surface area contributed by atoms with Gasteiger partial charge in [0.15, 0.2) is 5.82 Å². The van der Waals surface area contributed by atoms with E-state index in [9.17, 15) is 0 Å². The number of piperidine rings is 1. The standard InChI is InChI=1S/C21H26N4O2/c1-2-5-17(6-3-1)15-20-23-21(27-24-20)8-11-22-18-9-12-25(13-10-18)16-19-7-4-14-26-19/h1-7,14,18,22H,8-13,15-16H2. The van der Waals surface area contributed by atoms with Gasteiger partial charge in [0.05, 0.1) is 12.8 Å². The minimum Gasteiger partial charge on any atom is -0.468 e. The van der Waals surface area contributed by atoms with Crippen molar-refractivity contribution in [3.05, 3.63) is 71.8 Å². The number of rotatable bonds is 8. The number of likely N-dealkylation sites (tertiary alicyclic amines) is 1. The molecule has 6 heteroatoms. The van der Waals surface area contributed by atoms with Crippen LogP contribution in [0.25, 0.3) is 0 Å². The van der Waals surface area contributed by atoms with Crippen molar-refractivity contribution in [3.63, 3.8) is 0 Å². The van der Waals surface area contributed by atoms with Crippen LogP contribution in [-0.4, -0.2) is 40.7 Å². The van der Waals surface area contributed by atoms with Crippen LogP contribution in [0.3, 0.4) is 0 Å². The third kappa shape index (κ3) is 5.28. The molecule has 0 atom stereocenters. The van der Waals surface area contributed by atoms with Crippen molar-refractivity contribution in [2.45, 2.75) is 38.3 Å². The van der Waals surface area contributed by atoms with Gasteiger partial charge in [-0.25, -0.2) is 0 Å². The van der Waals surface area contributed by atoms with E-state index in [-0.39, 0.29) is 0 Å². The number of aromatic nitrogens is 2. The molecule has 3 heterocycles. The summed E-state index contributed by atoms with van der Waals surface area (Å²) in [6.45, 7) is 3.97. The molecule has 1 N–H and O–H groups in total. The Balaban J connectivity index is 1.15. The Kier molecular flexibility index (Phi) is 5.96. The molecule has 2 aromatic heterocycles. The van der Waals surface area contributed by atoms with Gasteiger partial charge < -0.3 is 14.3 Å². The lowest BCUT2D eigenvalue weighted by atomic mass is 10.0. The van der Waals surface area contributed by atoms with Crippen LogP contribution in [-0.2, 0) is 19.4 Å². The molecule has 0 radical (unpaired) electrons. The molecular formula is C21H26N4O2. The number of benzene rings is 1. The summed E-state index contributed by atoms with van der Waals surface area (Å²) in [5.41, 5.74) is 1.20. The second-order valence-corrected chi connectivity index (χ2v) is 7.10. The van der Waals surface area contributed by atoms with Gasteiger partial charge in [-0.15, -0.1) is 0 Å². The molecule has 1 aliphatic rings. The Labute approximate surface area is 159 Å². The first-order valence-corrected chi connectivity index (χ1v) is 9.68. The van der Waals surface area contributed by atoms with Crippen molar-refractivity contribution < 1.29 is 8.94 Å². The Morgan fingerprint density at radius 1 is 1.07 bits per heavy atom. The van der Waals surface area contributed by atoms with Crippen molar-refractivity contribution in [2.75, 3.05) is 19.6 Å². The molecule has 1 aromatic carbocycles. The fraction of sp³-hybridized carbons (Fsp3) is 0.429. The monoisotopic (exact) mass is 366 g/mol. The lowest BCUT2D eigenvalue weighted by molar-refractivity contribution is 0.179. The first-order valence-electron chi connectivity index (χ1n) is 9.68. The summed E-state index contributed by atoms with van der Waals surface area (Å²) < 4.78 is 10.8. The summed E-state index contributed by atoms with van der Waals surface area (Å²) in [5, 5.41) is 7.72. The van der Waals surface area contributed by atoms with Gasteiger partial charge in [0.1, 0.15) is 5.76 Å². The summed E-state index contributed by atoms with van der Waals surface area (Å²) >= 11 is 0. The molecular weight excluding hydrogens is 340 g/mol. The maximum Gasteiger partial charge on any atom is 0.227 e. The zero-order valence-electron chi connectivity index (χ0n) is 15.5. The van der Waals surface area contributed by atoms with E-state index in [1.807, 2.05) is 30.3 Å². The highest BCUT2D eigenvalue weighted by molar-refractivity contribution is 5.18. The van der Waals surface area contributed by atoms with Gasteiger partial charge in [-0.1, -0.05) is 35.5 Å². The van der Waals surface area contributed by atoms with Gasteiger partial charge >= 0.3 is 0 Å². The molecule has 3 aromatic rings. The third-order valence-electron chi connectivity index (χ3n) is 5.03. The van der Waals surface area contributed by atoms with Crippen LogP contribution in [0.4, 0.5) is 0 Å². The SMILES string of the molecule is c1ccc(Cc2noc(CCNC3CCN(Cc4ccco4)CC3)n2)cc1. The average molecular weight is 366 g/mol. The minimum atomic E-state index is 0.560. The van der Waals surface area contributed by atoms with Crippen molar-refractivity contribution in [2.24, 2.45) is 0 Å². The van der Waals surface area contributed by atoms with Gasteiger partial charge in [-0.05, 0) is 30.5 Å². The van der Waals surface area contributed by atoms with Crippen LogP contribution in [0.5, 0.6) is 0 Å². The summed E-state index contributed by atoms with van der Waals surface area (Å²) in [6.07, 6.45) is 5.54. The summed E-state index contributed by atoms with van der Waals surface area (Å²) in [5.74, 6) is 2.51. The minimum absolute atomic E-state index is 0.560. The van der Waals surface area contributed by atoms with E-state index in [0.29, 0.717) is 18.4 Å². The smallest absolute Gasteiger partial charge is 0.227 e. The van der Waals surface area contributed by atoms with E-state index < -0.39 is 0 Å². The zero-order chi connectivity index (χ0) is 18.3. The predicted molar refractivity (Wildman–Crippen MR) is 102 cm³/mol. The summed E-state index contributed by atoms with van der Waals surface area (Å²) in [7, 11) is 0. The molecule has 0 bridgehead atoms. The second kappa shape index (κ2) is 8.97. The molecule has 4 rings (SSSR count). The van der Waals surface area contributed by atoms with Crippen LogP contribution >= 0.6 is 0 Å². The van der Waals surface area contributed by atoms with E-state index in [0.717, 1.165) is 57.0 Å². The van der Waals surface area contributed by atoms with E-state index in [2.05, 4.69) is 32.5 Å². The maximum atomic E-state index is 5.44. The molecule has 0 unspecified atom stereocenters. The molecule has 1 fully saturated rings. The largest absolute Gasteiger partial charge is 0.468 e. The second-order valence-electron chi connectivity index (χ2n) is 7.10. The number of nitrogens with zero attached hydrogens (tertiary/aromatic N) is 3. The molecule has 1 aliphatic heterocycles. The van der Waals surface area contributed by atoms with Crippen molar-refractivity contribution >= 4 is 0 Å². The molecule has 1 saturated heterocycles. The molecule has 0 aliphatic carbocycles. The Morgan fingerprint density at radius 2 is 1.93 bits per heavy atom. The van der Waals surface area contributed by atoms with E-state index >= 15 is 0 Å². The quantitative estimate of drug-likeness (QED) is 0.661. The Hall–Kier alpha value is -2.44. The van der Waals surface area contributed by atoms with Gasteiger partial charge in [0.25, 0.3) is 0 Å². The number of furan rings is 1. The van der Waals surface area contributed by atoms with E-state index in [1.54, 1.807) is 6.26 Å². The fourth-order valence-electron chi connectivity index (χ4n) is 3.54. The zero-order valence-corrected chi connectivity index (χ0v) is 15.5. The molecule has 0 amide bonds. The van der Waals surface area contributed by atoms with Crippen molar-refractivity contribution in [3.8, 4) is 0 Å². The lowest BCUT2D eigenvalue weighted by Crippen LogP contribution is -2.42. The van der Waals surface area contributed by atoms with Gasteiger partial charge in [0.2, 0.25) is 5.89 Å². The highest BCUT2D eigenvalue weighted by Crippen LogP contribution is 2.14. The Morgan fingerprint density at radius 3 is 2.70 bits per heavy atom. The van der Waals surface area contributed by atoms with E-state index in [1.165, 1.54) is 5.56 Å². The number of nitrogens with one attached hydrogen (secondary N) is 1. The third-order valence-corrected chi connectivity index (χ3v) is 5.03. The molecule has 0 saturated carbocycles. The van der Waals surface area contributed by atoms with Crippen LogP contribution in [0.2, 0.25) is 0 Å². The maximum absolute atomic E-state index is 5.44. The first-order chi connectivity index (χ1) is 13.3. The highest BCUT2D eigenvalue weighted by atomic mass is 16.5. The average Bonchev–Trinajstić information content (AvgIpc) is 3.36. The van der Waals surface area contributed by atoms with Crippen LogP contribution in [0.15, 0.2) is 57.7 Å². The van der Waals surface area contributed by atoms with Crippen molar-refractivity contribution in [1.29, 1.82) is 0 Å². The summed E-state index contributed by atoms with van der Waals surface area (Å²) in [6, 6.07) is 14.8. The normalized spacial score (nSPS) is 16.0. The van der Waals surface area contributed by atoms with Crippen LogP contribution < -0.4 is 5.32 Å². The molecule has 27 heavy (non-hydrogen) atoms. The first kappa shape index (κ1) is 17.9. The van der Waals surface area contributed by atoms with Gasteiger partial charge in [0, 0.05) is 38.5 Å². The van der Waals surface area contributed by atoms with Crippen LogP contribution in [0.1, 0.15) is 35.9 Å². The Bertz CT molecular complexity index is 793. The van der Waals surface area contributed by atoms with E-state index in [4.69, 9.17) is 8.94 Å². The lowest BCUT2D eigenvalue weighted by Gasteiger charge is -2.31. The van der Waals surface area contributed by atoms with Crippen LogP contribution in [0, 0.1) is 0 Å². The number of hydrogen-bond acceptors (Lipinski definition) is 6. The molecule has 6 nitrogen and oxygen atoms in total. The molecule has 142 valence electrons. The van der Waals surface area contributed by atoms with Gasteiger partial charge in [-0.2, -0.15) is 4.98 Å². The summed E-state index contributed by atoms with van der Waals surface area (Å²) in [4.78, 5) is 6.95. The topological polar surface area (TPSA) is 67.3 Å². The van der Waals surface area contributed by atoms with Gasteiger partial charge in [-0.3, -0.25) is 4.90 Å². The molecule has 0 spiro atoms. The predicted octanol–water partition coefficient (Wildman–Crippen LogP) is 3.05. The number of hydrogen-bond donors (Lipinski definition) is 1. The fourth-order valence-corrected chi connectivity index (χ4v) is 3.54. The highest BCUT2D eigenvalue weighted by Gasteiger charge is 2.19. The van der Waals surface area contributed by atoms with Crippen molar-refractivity contribution in [1.82, 2.24) is 20.4 Å².